The number of nitrogens with zero attached hydrogens (tertiary/aromatic N) is 3. The van der Waals surface area contributed by atoms with Gasteiger partial charge in [-0.15, -0.1) is 0 Å². The van der Waals surface area contributed by atoms with Crippen LogP contribution in [0.25, 0.3) is 27.7 Å². The minimum atomic E-state index is -0.860. The number of nitrogens with one attached hydrogen (secondary N) is 1. The lowest BCUT2D eigenvalue weighted by Crippen LogP contribution is -2.28. The summed E-state index contributed by atoms with van der Waals surface area (Å²) in [6.45, 7) is 0. The Bertz CT molecular complexity index is 1490. The molecule has 0 aliphatic carbocycles. The first kappa shape index (κ1) is 19.0. The number of anilines is 1. The molecular formula is C22H17N5O3. The molecule has 0 bridgehead atoms. The first-order valence-corrected chi connectivity index (χ1v) is 9.06. The fourth-order valence-electron chi connectivity index (χ4n) is 3.62. The van der Waals surface area contributed by atoms with Gasteiger partial charge in [0.25, 0.3) is 17.0 Å². The molecule has 0 saturated heterocycles. The van der Waals surface area contributed by atoms with Crippen LogP contribution in [0.5, 0.6) is 0 Å². The Morgan fingerprint density at radius 3 is 2.37 bits per heavy atom. The molecule has 148 valence electrons. The molecule has 8 nitrogen and oxygen atoms in total. The third-order valence-electron chi connectivity index (χ3n) is 5.03. The first-order valence-electron chi connectivity index (χ1n) is 9.06. The summed E-state index contributed by atoms with van der Waals surface area (Å²) in [6.07, 6.45) is 0. The van der Waals surface area contributed by atoms with E-state index in [0.717, 1.165) is 10.1 Å². The number of carbonyl (C=O) groups is 1. The average molecular weight is 399 g/mol. The highest BCUT2D eigenvalue weighted by Gasteiger charge is 2.24. The topological polar surface area (TPSA) is 124 Å². The Kier molecular flexibility index (Phi) is 4.36. The number of H-pyrrole nitrogens is 1. The Morgan fingerprint density at radius 2 is 1.77 bits per heavy atom. The van der Waals surface area contributed by atoms with Gasteiger partial charge in [0.05, 0.1) is 16.5 Å². The largest absolute Gasteiger partial charge is 0.378 e. The lowest BCUT2D eigenvalue weighted by molar-refractivity contribution is 0.100. The van der Waals surface area contributed by atoms with Crippen molar-refractivity contribution in [1.29, 1.82) is 5.26 Å². The van der Waals surface area contributed by atoms with Gasteiger partial charge in [0.15, 0.2) is 0 Å². The zero-order chi connectivity index (χ0) is 21.6. The lowest BCUT2D eigenvalue weighted by Gasteiger charge is -2.16. The number of rotatable bonds is 3. The molecule has 30 heavy (non-hydrogen) atoms. The number of hydrogen-bond donors (Lipinski definition) is 2. The van der Waals surface area contributed by atoms with E-state index < -0.39 is 17.0 Å². The van der Waals surface area contributed by atoms with Crippen molar-refractivity contribution in [3.8, 4) is 17.2 Å². The second-order valence-electron chi connectivity index (χ2n) is 7.00. The number of nitrogens with two attached hydrogens (primary N) is 1. The summed E-state index contributed by atoms with van der Waals surface area (Å²) in [4.78, 5) is 42.9. The maximum atomic E-state index is 13.3. The maximum Gasteiger partial charge on any atom is 0.275 e. The summed E-state index contributed by atoms with van der Waals surface area (Å²) in [5.74, 6) is -0.860. The maximum absolute atomic E-state index is 13.3. The SMILES string of the molecule is CN(C)c1ccc(-c2c(C#N)c(=O)n3c([nH]c(=O)c4ccccc43)c2C(N)=O)cc1. The molecule has 2 aromatic heterocycles. The molecule has 0 radical (unpaired) electrons. The number of amides is 1. The number of fused-ring (bicyclic) bond motifs is 3. The number of carbonyl (C=O) groups excluding carboxylic acids is 1. The summed E-state index contributed by atoms with van der Waals surface area (Å²) in [5.41, 5.74) is 5.96. The van der Waals surface area contributed by atoms with E-state index in [1.165, 1.54) is 0 Å². The Hall–Kier alpha value is -4.38. The van der Waals surface area contributed by atoms with Crippen LogP contribution in [0.4, 0.5) is 5.69 Å². The molecule has 0 aliphatic heterocycles. The summed E-state index contributed by atoms with van der Waals surface area (Å²) in [7, 11) is 3.76. The molecule has 1 amide bonds. The van der Waals surface area contributed by atoms with Crippen molar-refractivity contribution in [2.24, 2.45) is 5.73 Å². The fraction of sp³-hybridized carbons (Fsp3) is 0.0909. The summed E-state index contributed by atoms with van der Waals surface area (Å²) in [6, 6.07) is 15.4. The highest BCUT2D eigenvalue weighted by molar-refractivity contribution is 6.07. The average Bonchev–Trinajstić information content (AvgIpc) is 2.73. The molecule has 4 rings (SSSR count). The predicted molar refractivity (Wildman–Crippen MR) is 115 cm³/mol. The van der Waals surface area contributed by atoms with Crippen LogP contribution in [0.2, 0.25) is 0 Å². The van der Waals surface area contributed by atoms with E-state index in [0.29, 0.717) is 5.56 Å². The van der Waals surface area contributed by atoms with Gasteiger partial charge < -0.3 is 15.6 Å². The van der Waals surface area contributed by atoms with Gasteiger partial charge in [0.1, 0.15) is 17.3 Å². The summed E-state index contributed by atoms with van der Waals surface area (Å²) < 4.78 is 1.16. The van der Waals surface area contributed by atoms with E-state index in [9.17, 15) is 19.6 Å². The molecule has 4 aromatic rings. The molecule has 2 heterocycles. The Balaban J connectivity index is 2.24. The van der Waals surface area contributed by atoms with Gasteiger partial charge in [0, 0.05) is 25.3 Å². The van der Waals surface area contributed by atoms with Crippen molar-refractivity contribution in [2.75, 3.05) is 19.0 Å². The molecule has 0 unspecified atom stereocenters. The first-order chi connectivity index (χ1) is 14.3. The van der Waals surface area contributed by atoms with Gasteiger partial charge >= 0.3 is 0 Å². The minimum absolute atomic E-state index is 0.0399. The van der Waals surface area contributed by atoms with Gasteiger partial charge in [0.2, 0.25) is 0 Å². The summed E-state index contributed by atoms with van der Waals surface area (Å²) >= 11 is 0. The van der Waals surface area contributed by atoms with Crippen LogP contribution in [0.1, 0.15) is 15.9 Å². The monoisotopic (exact) mass is 399 g/mol. The number of aromatic amines is 1. The zero-order valence-corrected chi connectivity index (χ0v) is 16.3. The number of benzene rings is 2. The number of pyridine rings is 1. The second-order valence-corrected chi connectivity index (χ2v) is 7.00. The van der Waals surface area contributed by atoms with E-state index in [4.69, 9.17) is 5.73 Å². The molecule has 0 saturated carbocycles. The number of primary amides is 1. The smallest absolute Gasteiger partial charge is 0.275 e. The molecule has 8 heteroatoms. The number of aromatic nitrogens is 2. The van der Waals surface area contributed by atoms with Crippen LogP contribution >= 0.6 is 0 Å². The van der Waals surface area contributed by atoms with Crippen LogP contribution in [0.3, 0.4) is 0 Å². The van der Waals surface area contributed by atoms with Crippen LogP contribution < -0.4 is 21.8 Å². The van der Waals surface area contributed by atoms with Crippen molar-refractivity contribution >= 4 is 28.1 Å². The van der Waals surface area contributed by atoms with Crippen molar-refractivity contribution in [1.82, 2.24) is 9.38 Å². The molecule has 2 aromatic carbocycles. The minimum Gasteiger partial charge on any atom is -0.378 e. The lowest BCUT2D eigenvalue weighted by atomic mass is 9.95. The van der Waals surface area contributed by atoms with Crippen LogP contribution in [0, 0.1) is 11.3 Å². The molecule has 3 N–H and O–H groups in total. The molecular weight excluding hydrogens is 382 g/mol. The highest BCUT2D eigenvalue weighted by atomic mass is 16.1. The van der Waals surface area contributed by atoms with Crippen molar-refractivity contribution < 1.29 is 4.79 Å². The summed E-state index contributed by atoms with van der Waals surface area (Å²) in [5, 5.41) is 10.1. The van der Waals surface area contributed by atoms with Crippen LogP contribution in [-0.2, 0) is 0 Å². The third kappa shape index (κ3) is 2.72. The van der Waals surface area contributed by atoms with E-state index in [-0.39, 0.29) is 33.2 Å². The standard InChI is InChI=1S/C22H17N5O3/c1-26(2)13-9-7-12(8-10-13)17-15(11-23)22(30)27-16-6-4-3-5-14(16)21(29)25-20(27)18(17)19(24)28/h3-10H,1-2H3,(H2,24,28)(H,25,29). The third-order valence-corrected chi connectivity index (χ3v) is 5.03. The van der Waals surface area contributed by atoms with E-state index in [2.05, 4.69) is 4.98 Å². The van der Waals surface area contributed by atoms with Crippen LogP contribution in [0.15, 0.2) is 58.1 Å². The molecule has 0 fully saturated rings. The molecule has 0 spiro atoms. The quantitative estimate of drug-likeness (QED) is 0.509. The number of hydrogen-bond acceptors (Lipinski definition) is 5. The van der Waals surface area contributed by atoms with Crippen molar-refractivity contribution in [2.45, 2.75) is 0 Å². The van der Waals surface area contributed by atoms with Gasteiger partial charge in [-0.3, -0.25) is 18.8 Å². The Labute approximate surface area is 170 Å². The highest BCUT2D eigenvalue weighted by Crippen LogP contribution is 2.30. The van der Waals surface area contributed by atoms with Crippen molar-refractivity contribution in [3.63, 3.8) is 0 Å². The van der Waals surface area contributed by atoms with Gasteiger partial charge in [-0.05, 0) is 29.8 Å². The van der Waals surface area contributed by atoms with Gasteiger partial charge in [-0.25, -0.2) is 0 Å². The second kappa shape index (κ2) is 6.90. The number of nitriles is 1. The van der Waals surface area contributed by atoms with Crippen molar-refractivity contribution in [3.05, 3.63) is 80.4 Å². The normalized spacial score (nSPS) is 10.8. The fourth-order valence-corrected chi connectivity index (χ4v) is 3.62. The van der Waals surface area contributed by atoms with Gasteiger partial charge in [-0.2, -0.15) is 5.26 Å². The number of para-hydroxylation sites is 1. The Morgan fingerprint density at radius 1 is 1.10 bits per heavy atom. The molecule has 0 aliphatic rings. The van der Waals surface area contributed by atoms with E-state index in [1.54, 1.807) is 48.5 Å². The predicted octanol–water partition coefficient (Wildman–Crippen LogP) is 1.84. The van der Waals surface area contributed by atoms with E-state index >= 15 is 0 Å². The van der Waals surface area contributed by atoms with E-state index in [1.807, 2.05) is 25.1 Å². The van der Waals surface area contributed by atoms with Crippen LogP contribution in [-0.4, -0.2) is 29.4 Å². The van der Waals surface area contributed by atoms with Gasteiger partial charge in [-0.1, -0.05) is 24.3 Å². The molecule has 0 atom stereocenters. The zero-order valence-electron chi connectivity index (χ0n) is 16.3.